The van der Waals surface area contributed by atoms with Crippen LogP contribution < -0.4 is 5.32 Å². The molecule has 130 valence electrons. The van der Waals surface area contributed by atoms with Crippen LogP contribution in [-0.2, 0) is 20.9 Å². The summed E-state index contributed by atoms with van der Waals surface area (Å²) in [5.41, 5.74) is 2.91. The second-order valence-corrected chi connectivity index (χ2v) is 5.62. The first-order valence-electron chi connectivity index (χ1n) is 8.31. The van der Waals surface area contributed by atoms with E-state index in [1.807, 2.05) is 67.6 Å². The number of esters is 1. The number of hydrogen-bond acceptors (Lipinski definition) is 3. The number of carbonyl (C=O) groups is 2. The number of allylic oxidation sites excluding steroid dienone is 1. The van der Waals surface area contributed by atoms with Crippen LogP contribution in [0.1, 0.15) is 24.5 Å². The monoisotopic (exact) mass is 337 g/mol. The van der Waals surface area contributed by atoms with E-state index in [4.69, 9.17) is 4.74 Å². The Hall–Kier alpha value is -2.88. The first kappa shape index (κ1) is 18.5. The topological polar surface area (TPSA) is 55.4 Å². The maximum Gasteiger partial charge on any atom is 0.322 e. The highest BCUT2D eigenvalue weighted by atomic mass is 16.5. The molecule has 0 saturated heterocycles. The standard InChI is InChI=1S/C21H23NO3/c1-3-17(18-12-8-5-9-13-18)14-19(21(24)25-2)20(23)22-15-16-10-6-4-7-11-16/h4-14,19H,3,15H2,1-2H3,(H,22,23)/b17-14+. The molecule has 0 bridgehead atoms. The second kappa shape index (κ2) is 9.42. The summed E-state index contributed by atoms with van der Waals surface area (Å²) in [6.45, 7) is 2.36. The molecule has 2 aromatic rings. The molecule has 0 aliphatic carbocycles. The Morgan fingerprint density at radius 3 is 2.20 bits per heavy atom. The van der Waals surface area contributed by atoms with Gasteiger partial charge in [-0.1, -0.05) is 73.7 Å². The SMILES string of the molecule is CC/C(=C\C(C(=O)NCc1ccccc1)C(=O)OC)c1ccccc1. The molecule has 25 heavy (non-hydrogen) atoms. The van der Waals surface area contributed by atoms with Crippen molar-refractivity contribution in [2.45, 2.75) is 19.9 Å². The molecule has 0 spiro atoms. The van der Waals surface area contributed by atoms with E-state index in [-0.39, 0.29) is 5.91 Å². The van der Waals surface area contributed by atoms with E-state index in [1.165, 1.54) is 7.11 Å². The molecule has 1 amide bonds. The summed E-state index contributed by atoms with van der Waals surface area (Å²) in [6, 6.07) is 19.3. The molecule has 0 aliphatic rings. The van der Waals surface area contributed by atoms with Crippen LogP contribution in [0.5, 0.6) is 0 Å². The zero-order valence-electron chi connectivity index (χ0n) is 14.6. The summed E-state index contributed by atoms with van der Waals surface area (Å²) in [4.78, 5) is 24.7. The molecule has 2 aromatic carbocycles. The van der Waals surface area contributed by atoms with Crippen LogP contribution in [0.25, 0.3) is 5.57 Å². The van der Waals surface area contributed by atoms with Gasteiger partial charge in [-0.25, -0.2) is 0 Å². The minimum atomic E-state index is -0.969. The van der Waals surface area contributed by atoms with Crippen molar-refractivity contribution in [2.75, 3.05) is 7.11 Å². The summed E-state index contributed by atoms with van der Waals surface area (Å²) in [6.07, 6.45) is 2.41. The molecule has 1 unspecified atom stereocenters. The lowest BCUT2D eigenvalue weighted by molar-refractivity contribution is -0.147. The lowest BCUT2D eigenvalue weighted by Gasteiger charge is -2.14. The number of ether oxygens (including phenoxy) is 1. The summed E-state index contributed by atoms with van der Waals surface area (Å²) in [5.74, 6) is -1.89. The molecule has 4 nitrogen and oxygen atoms in total. The van der Waals surface area contributed by atoms with Crippen LogP contribution in [0.15, 0.2) is 66.7 Å². The normalized spacial score (nSPS) is 12.3. The van der Waals surface area contributed by atoms with Crippen LogP contribution in [0.2, 0.25) is 0 Å². The third-order valence-corrected chi connectivity index (χ3v) is 3.94. The van der Waals surface area contributed by atoms with E-state index >= 15 is 0 Å². The smallest absolute Gasteiger partial charge is 0.322 e. The molecular formula is C21H23NO3. The quantitative estimate of drug-likeness (QED) is 0.620. The Balaban J connectivity index is 2.18. The van der Waals surface area contributed by atoms with Gasteiger partial charge in [0, 0.05) is 6.54 Å². The van der Waals surface area contributed by atoms with Crippen LogP contribution in [0.4, 0.5) is 0 Å². The average Bonchev–Trinajstić information content (AvgIpc) is 2.68. The molecule has 0 aromatic heterocycles. The Labute approximate surface area is 148 Å². The van der Waals surface area contributed by atoms with Gasteiger partial charge < -0.3 is 10.1 Å². The zero-order valence-corrected chi connectivity index (χ0v) is 14.6. The fourth-order valence-corrected chi connectivity index (χ4v) is 2.54. The number of benzene rings is 2. The summed E-state index contributed by atoms with van der Waals surface area (Å²) < 4.78 is 4.82. The first-order chi connectivity index (χ1) is 12.2. The molecule has 0 saturated carbocycles. The minimum absolute atomic E-state index is 0.363. The Kier molecular flexibility index (Phi) is 6.96. The molecule has 0 fully saturated rings. The Bertz CT molecular complexity index is 723. The van der Waals surface area contributed by atoms with Crippen molar-refractivity contribution in [1.29, 1.82) is 0 Å². The van der Waals surface area contributed by atoms with Gasteiger partial charge in [-0.3, -0.25) is 9.59 Å². The lowest BCUT2D eigenvalue weighted by Crippen LogP contribution is -2.34. The predicted molar refractivity (Wildman–Crippen MR) is 98.5 cm³/mol. The van der Waals surface area contributed by atoms with Crippen LogP contribution in [0, 0.1) is 5.92 Å². The number of carbonyl (C=O) groups excluding carboxylic acids is 2. The van der Waals surface area contributed by atoms with E-state index in [2.05, 4.69) is 5.32 Å². The van der Waals surface area contributed by atoms with Crippen LogP contribution >= 0.6 is 0 Å². The van der Waals surface area contributed by atoms with Gasteiger partial charge in [0.05, 0.1) is 7.11 Å². The Morgan fingerprint density at radius 2 is 1.64 bits per heavy atom. The van der Waals surface area contributed by atoms with Gasteiger partial charge in [-0.15, -0.1) is 0 Å². The van der Waals surface area contributed by atoms with E-state index in [9.17, 15) is 9.59 Å². The van der Waals surface area contributed by atoms with Crippen molar-refractivity contribution in [1.82, 2.24) is 5.32 Å². The molecule has 0 aliphatic heterocycles. The van der Waals surface area contributed by atoms with Crippen molar-refractivity contribution in [3.63, 3.8) is 0 Å². The van der Waals surface area contributed by atoms with Gasteiger partial charge in [-0.05, 0) is 23.1 Å². The number of rotatable bonds is 7. The summed E-state index contributed by atoms with van der Waals surface area (Å²) in [7, 11) is 1.29. The number of methoxy groups -OCH3 is 1. The van der Waals surface area contributed by atoms with E-state index in [1.54, 1.807) is 6.08 Å². The van der Waals surface area contributed by atoms with Gasteiger partial charge >= 0.3 is 5.97 Å². The number of hydrogen-bond donors (Lipinski definition) is 1. The summed E-state index contributed by atoms with van der Waals surface area (Å²) in [5, 5.41) is 2.81. The predicted octanol–water partition coefficient (Wildman–Crippen LogP) is 3.59. The van der Waals surface area contributed by atoms with Crippen molar-refractivity contribution >= 4 is 17.4 Å². The molecule has 1 atom stereocenters. The van der Waals surface area contributed by atoms with Gasteiger partial charge in [0.2, 0.25) is 5.91 Å². The maximum atomic E-state index is 12.5. The van der Waals surface area contributed by atoms with Crippen molar-refractivity contribution in [2.24, 2.45) is 5.92 Å². The number of amides is 1. The van der Waals surface area contributed by atoms with Gasteiger partial charge in [-0.2, -0.15) is 0 Å². The van der Waals surface area contributed by atoms with Gasteiger partial charge in [0.25, 0.3) is 0 Å². The molecular weight excluding hydrogens is 314 g/mol. The van der Waals surface area contributed by atoms with Crippen molar-refractivity contribution < 1.29 is 14.3 Å². The van der Waals surface area contributed by atoms with E-state index < -0.39 is 11.9 Å². The van der Waals surface area contributed by atoms with Crippen LogP contribution in [0.3, 0.4) is 0 Å². The minimum Gasteiger partial charge on any atom is -0.468 e. The molecule has 0 radical (unpaired) electrons. The maximum absolute atomic E-state index is 12.5. The summed E-state index contributed by atoms with van der Waals surface area (Å²) >= 11 is 0. The molecule has 0 heterocycles. The molecule has 4 heteroatoms. The molecule has 1 N–H and O–H groups in total. The fraction of sp³-hybridized carbons (Fsp3) is 0.238. The largest absolute Gasteiger partial charge is 0.468 e. The zero-order chi connectivity index (χ0) is 18.1. The average molecular weight is 337 g/mol. The van der Waals surface area contributed by atoms with Crippen molar-refractivity contribution in [3.05, 3.63) is 77.9 Å². The van der Waals surface area contributed by atoms with Crippen LogP contribution in [-0.4, -0.2) is 19.0 Å². The van der Waals surface area contributed by atoms with Gasteiger partial charge in [0.1, 0.15) is 0 Å². The Morgan fingerprint density at radius 1 is 1.04 bits per heavy atom. The third kappa shape index (κ3) is 5.31. The van der Waals surface area contributed by atoms with Crippen molar-refractivity contribution in [3.8, 4) is 0 Å². The third-order valence-electron chi connectivity index (χ3n) is 3.94. The lowest BCUT2D eigenvalue weighted by atomic mass is 9.97. The fourth-order valence-electron chi connectivity index (χ4n) is 2.54. The van der Waals surface area contributed by atoms with Gasteiger partial charge in [0.15, 0.2) is 5.92 Å². The van der Waals surface area contributed by atoms with E-state index in [0.29, 0.717) is 13.0 Å². The second-order valence-electron chi connectivity index (χ2n) is 5.62. The highest BCUT2D eigenvalue weighted by Gasteiger charge is 2.25. The highest BCUT2D eigenvalue weighted by Crippen LogP contribution is 2.21. The number of nitrogens with one attached hydrogen (secondary N) is 1. The molecule has 2 rings (SSSR count). The van der Waals surface area contributed by atoms with E-state index in [0.717, 1.165) is 16.7 Å². The highest BCUT2D eigenvalue weighted by molar-refractivity contribution is 6.01. The first-order valence-corrected chi connectivity index (χ1v) is 8.31.